The number of anilines is 2. The van der Waals surface area contributed by atoms with Crippen molar-refractivity contribution in [1.82, 2.24) is 15.3 Å². The van der Waals surface area contributed by atoms with Crippen molar-refractivity contribution < 1.29 is 17.9 Å². The van der Waals surface area contributed by atoms with Gasteiger partial charge in [-0.3, -0.25) is 0 Å². The van der Waals surface area contributed by atoms with Crippen LogP contribution in [0, 0.1) is 5.92 Å². The summed E-state index contributed by atoms with van der Waals surface area (Å²) >= 11 is 3.20. The molecule has 6 nitrogen and oxygen atoms in total. The molecule has 1 fully saturated rings. The monoisotopic (exact) mass is 581 g/mol. The number of halogens is 4. The van der Waals surface area contributed by atoms with Crippen molar-refractivity contribution in [3.63, 3.8) is 0 Å². The topological polar surface area (TPSA) is 62.3 Å². The van der Waals surface area contributed by atoms with Gasteiger partial charge in [0, 0.05) is 42.1 Å². The maximum atomic E-state index is 12.7. The van der Waals surface area contributed by atoms with E-state index in [1.807, 2.05) is 43.3 Å². The van der Waals surface area contributed by atoms with Gasteiger partial charge in [0.05, 0.1) is 5.52 Å². The minimum absolute atomic E-state index is 0. The van der Waals surface area contributed by atoms with E-state index in [1.54, 1.807) is 12.1 Å². The molecule has 0 amide bonds. The summed E-state index contributed by atoms with van der Waals surface area (Å²) in [6, 6.07) is 13.1. The maximum absolute atomic E-state index is 12.7. The zero-order valence-corrected chi connectivity index (χ0v) is 22.0. The number of hydrogen-bond acceptors (Lipinski definition) is 6. The fourth-order valence-corrected chi connectivity index (χ4v) is 5.01. The Morgan fingerprint density at radius 2 is 1.78 bits per heavy atom. The Balaban J connectivity index is 0.00000380. The Labute approximate surface area is 225 Å². The molecule has 2 aromatic carbocycles. The second-order valence-electron chi connectivity index (χ2n) is 9.41. The molecule has 0 bridgehead atoms. The first-order chi connectivity index (χ1) is 17.2. The van der Waals surface area contributed by atoms with Crippen LogP contribution >= 0.6 is 15.9 Å². The third kappa shape index (κ3) is 8.20. The van der Waals surface area contributed by atoms with Crippen LogP contribution in [0.4, 0.5) is 24.9 Å². The number of rotatable bonds is 9. The van der Waals surface area contributed by atoms with Crippen LogP contribution in [0.5, 0.6) is 5.75 Å². The van der Waals surface area contributed by atoms with Crippen molar-refractivity contribution in [2.75, 3.05) is 30.9 Å². The van der Waals surface area contributed by atoms with Crippen LogP contribution in [0.2, 0.25) is 0 Å². The molecule has 10 heteroatoms. The van der Waals surface area contributed by atoms with Crippen molar-refractivity contribution in [2.45, 2.75) is 58.5 Å². The molecule has 1 saturated carbocycles. The van der Waals surface area contributed by atoms with Crippen LogP contribution < -0.4 is 20.3 Å². The number of benzene rings is 2. The van der Waals surface area contributed by atoms with E-state index >= 15 is 0 Å². The van der Waals surface area contributed by atoms with Gasteiger partial charge in [0.25, 0.3) is 0 Å². The van der Waals surface area contributed by atoms with Gasteiger partial charge in [-0.25, -0.2) is 4.98 Å². The third-order valence-corrected chi connectivity index (χ3v) is 6.98. The van der Waals surface area contributed by atoms with Gasteiger partial charge in [-0.2, -0.15) is 4.98 Å². The van der Waals surface area contributed by atoms with E-state index in [9.17, 15) is 13.2 Å². The molecule has 202 valence electrons. The number of hydrogen-bond donors (Lipinski definition) is 2. The zero-order chi connectivity index (χ0) is 25.7. The highest BCUT2D eigenvalue weighted by Crippen LogP contribution is 2.31. The standard InChI is InChI=1S/C26H31BrF3N5O.CH4/c1-35(2)24-21-5-3-4-6-22(21)33-25(34-24)32-20-11-7-17(8-12-20)13-14-31-16-18-9-10-19(27)15-23(18)36-26(28,29)30;/h3-6,9-10,15,17,20,31H,7-8,11-14,16H2,1-2H3,(H,32,33,34);1H4. The van der Waals surface area contributed by atoms with Crippen molar-refractivity contribution >= 4 is 38.6 Å². The zero-order valence-electron chi connectivity index (χ0n) is 20.4. The average Bonchev–Trinajstić information content (AvgIpc) is 2.82. The van der Waals surface area contributed by atoms with E-state index in [0.29, 0.717) is 34.5 Å². The van der Waals surface area contributed by atoms with Crippen LogP contribution in [0.1, 0.15) is 45.1 Å². The minimum atomic E-state index is -4.71. The number of nitrogens with one attached hydrogen (secondary N) is 2. The van der Waals surface area contributed by atoms with Crippen molar-refractivity contribution in [2.24, 2.45) is 5.92 Å². The van der Waals surface area contributed by atoms with Gasteiger partial charge in [0.1, 0.15) is 11.6 Å². The molecule has 4 rings (SSSR count). The maximum Gasteiger partial charge on any atom is 0.573 e. The first-order valence-electron chi connectivity index (χ1n) is 12.1. The molecule has 0 radical (unpaired) electrons. The van der Waals surface area contributed by atoms with E-state index in [2.05, 4.69) is 31.3 Å². The lowest BCUT2D eigenvalue weighted by Crippen LogP contribution is -2.29. The lowest BCUT2D eigenvalue weighted by atomic mass is 9.84. The van der Waals surface area contributed by atoms with Gasteiger partial charge in [0.15, 0.2) is 0 Å². The Bertz CT molecular complexity index is 1170. The van der Waals surface area contributed by atoms with Crippen LogP contribution in [0.3, 0.4) is 0 Å². The summed E-state index contributed by atoms with van der Waals surface area (Å²) in [5.41, 5.74) is 1.41. The van der Waals surface area contributed by atoms with Gasteiger partial charge >= 0.3 is 6.36 Å². The summed E-state index contributed by atoms with van der Waals surface area (Å²) in [5.74, 6) is 1.97. The molecule has 0 atom stereocenters. The van der Waals surface area contributed by atoms with Gasteiger partial charge in [-0.15, -0.1) is 13.2 Å². The average molecular weight is 583 g/mol. The number of aromatic nitrogens is 2. The molecule has 3 aromatic rings. The molecule has 0 saturated heterocycles. The van der Waals surface area contributed by atoms with Crippen molar-refractivity contribution in [3.8, 4) is 5.75 Å². The molecule has 1 aliphatic carbocycles. The fourth-order valence-electron chi connectivity index (χ4n) is 4.67. The van der Waals surface area contributed by atoms with Gasteiger partial charge < -0.3 is 20.3 Å². The van der Waals surface area contributed by atoms with Gasteiger partial charge in [-0.05, 0) is 68.8 Å². The van der Waals surface area contributed by atoms with Crippen molar-refractivity contribution in [3.05, 3.63) is 52.5 Å². The molecule has 0 aliphatic heterocycles. The number of fused-ring (bicyclic) bond motifs is 1. The van der Waals surface area contributed by atoms with Crippen LogP contribution in [0.15, 0.2) is 46.9 Å². The summed E-state index contributed by atoms with van der Waals surface area (Å²) in [7, 11) is 3.97. The molecule has 1 aromatic heterocycles. The van der Waals surface area contributed by atoms with Gasteiger partial charge in [0.2, 0.25) is 5.95 Å². The molecule has 0 spiro atoms. The number of ether oxygens (including phenoxy) is 1. The Morgan fingerprint density at radius 1 is 1.05 bits per heavy atom. The molecular formula is C27H35BrF3N5O. The first kappa shape index (κ1) is 29.0. The summed E-state index contributed by atoms with van der Waals surface area (Å²) < 4.78 is 42.8. The highest BCUT2D eigenvalue weighted by molar-refractivity contribution is 9.10. The van der Waals surface area contributed by atoms with Gasteiger partial charge in [-0.1, -0.05) is 41.6 Å². The van der Waals surface area contributed by atoms with E-state index < -0.39 is 6.36 Å². The lowest BCUT2D eigenvalue weighted by Gasteiger charge is -2.29. The largest absolute Gasteiger partial charge is 0.573 e. The highest BCUT2D eigenvalue weighted by Gasteiger charge is 2.32. The molecule has 2 N–H and O–H groups in total. The van der Waals surface area contributed by atoms with E-state index in [-0.39, 0.29) is 13.2 Å². The molecule has 37 heavy (non-hydrogen) atoms. The Morgan fingerprint density at radius 3 is 2.49 bits per heavy atom. The predicted molar refractivity (Wildman–Crippen MR) is 147 cm³/mol. The van der Waals surface area contributed by atoms with E-state index in [1.165, 1.54) is 6.07 Å². The third-order valence-electron chi connectivity index (χ3n) is 6.49. The normalized spacial score (nSPS) is 17.8. The minimum Gasteiger partial charge on any atom is -0.405 e. The molecule has 1 aliphatic rings. The summed E-state index contributed by atoms with van der Waals surface area (Å²) in [6.07, 6.45) is 0.523. The summed E-state index contributed by atoms with van der Waals surface area (Å²) in [6.45, 7) is 1.06. The Hall–Kier alpha value is -2.59. The second-order valence-corrected chi connectivity index (χ2v) is 10.3. The first-order valence-corrected chi connectivity index (χ1v) is 12.9. The summed E-state index contributed by atoms with van der Waals surface area (Å²) in [5, 5.41) is 7.84. The predicted octanol–water partition coefficient (Wildman–Crippen LogP) is 7.14. The molecule has 1 heterocycles. The SMILES string of the molecule is C.CN(C)c1nc(NC2CCC(CCNCc3ccc(Br)cc3OC(F)(F)F)CC2)nc2ccccc12. The number of alkyl halides is 3. The lowest BCUT2D eigenvalue weighted by molar-refractivity contribution is -0.274. The van der Waals surface area contributed by atoms with Crippen LogP contribution in [-0.4, -0.2) is 43.0 Å². The summed E-state index contributed by atoms with van der Waals surface area (Å²) in [4.78, 5) is 11.5. The fraction of sp³-hybridized carbons (Fsp3) is 0.481. The van der Waals surface area contributed by atoms with Crippen LogP contribution in [0.25, 0.3) is 10.9 Å². The van der Waals surface area contributed by atoms with Crippen LogP contribution in [-0.2, 0) is 6.54 Å². The quantitative estimate of drug-likeness (QED) is 0.262. The van der Waals surface area contributed by atoms with Crippen molar-refractivity contribution in [1.29, 1.82) is 0 Å². The number of nitrogens with zero attached hydrogens (tertiary/aromatic N) is 3. The van der Waals surface area contributed by atoms with E-state index in [0.717, 1.165) is 55.4 Å². The highest BCUT2D eigenvalue weighted by atomic mass is 79.9. The number of para-hydroxylation sites is 1. The Kier molecular flexibility index (Phi) is 10.0. The second kappa shape index (κ2) is 12.8. The van der Waals surface area contributed by atoms with E-state index in [4.69, 9.17) is 9.97 Å². The molecular weight excluding hydrogens is 547 g/mol. The molecule has 0 unspecified atom stereocenters. The smallest absolute Gasteiger partial charge is 0.405 e.